The van der Waals surface area contributed by atoms with Crippen LogP contribution in [0, 0.1) is 11.5 Å². The van der Waals surface area contributed by atoms with Gasteiger partial charge in [-0.3, -0.25) is 0 Å². The first-order valence-corrected chi connectivity index (χ1v) is 8.46. The molecular formula is C16H18Cl2N4O. The summed E-state index contributed by atoms with van der Waals surface area (Å²) in [7, 11) is 0. The van der Waals surface area contributed by atoms with Gasteiger partial charge in [-0.1, -0.05) is 35.3 Å². The van der Waals surface area contributed by atoms with Gasteiger partial charge in [0.2, 0.25) is 0 Å². The number of fused-ring (bicyclic) bond motifs is 2. The Labute approximate surface area is 145 Å². The van der Waals surface area contributed by atoms with Crippen molar-refractivity contribution in [2.45, 2.75) is 50.4 Å². The van der Waals surface area contributed by atoms with Crippen molar-refractivity contribution in [2.75, 3.05) is 0 Å². The number of carbonyl (C=O) groups is 1. The Hall–Kier alpha value is -1.64. The maximum atomic E-state index is 12.3. The molecule has 2 N–H and O–H groups in total. The van der Waals surface area contributed by atoms with Crippen LogP contribution in [0.1, 0.15) is 37.8 Å². The van der Waals surface area contributed by atoms with Gasteiger partial charge in [-0.25, -0.2) is 4.79 Å². The predicted octanol–water partition coefficient (Wildman–Crippen LogP) is 3.44. The van der Waals surface area contributed by atoms with Crippen molar-refractivity contribution in [1.82, 2.24) is 15.5 Å². The molecule has 2 saturated heterocycles. The first kappa shape index (κ1) is 16.2. The lowest BCUT2D eigenvalue weighted by atomic mass is 9.96. The van der Waals surface area contributed by atoms with Crippen molar-refractivity contribution in [2.24, 2.45) is 0 Å². The number of nitriles is 1. The fourth-order valence-electron chi connectivity index (χ4n) is 3.64. The van der Waals surface area contributed by atoms with Crippen molar-refractivity contribution < 1.29 is 4.79 Å². The number of benzene rings is 1. The smallest absolute Gasteiger partial charge is 0.315 e. The minimum absolute atomic E-state index is 0.0235. The van der Waals surface area contributed by atoms with E-state index in [1.165, 1.54) is 0 Å². The Morgan fingerprint density at radius 3 is 2.91 bits per heavy atom. The van der Waals surface area contributed by atoms with E-state index < -0.39 is 0 Å². The fraction of sp³-hybridized carbons (Fsp3) is 0.500. The second-order valence-corrected chi connectivity index (χ2v) is 6.92. The normalized spacial score (nSPS) is 26.7. The van der Waals surface area contributed by atoms with E-state index >= 15 is 0 Å². The number of urea groups is 1. The highest BCUT2D eigenvalue weighted by molar-refractivity contribution is 6.42. The Morgan fingerprint density at radius 2 is 2.22 bits per heavy atom. The molecule has 2 aliphatic heterocycles. The van der Waals surface area contributed by atoms with Crippen LogP contribution in [0.5, 0.6) is 0 Å². The molecule has 7 heteroatoms. The Morgan fingerprint density at radius 1 is 1.43 bits per heavy atom. The number of amides is 2. The molecule has 5 nitrogen and oxygen atoms in total. The lowest BCUT2D eigenvalue weighted by Gasteiger charge is -2.24. The number of halogens is 2. The molecule has 0 spiro atoms. The van der Waals surface area contributed by atoms with Gasteiger partial charge in [-0.05, 0) is 37.8 Å². The molecule has 1 aromatic carbocycles. The molecule has 2 fully saturated rings. The minimum Gasteiger partial charge on any atom is -0.333 e. The van der Waals surface area contributed by atoms with Gasteiger partial charge in [0, 0.05) is 6.04 Å². The van der Waals surface area contributed by atoms with E-state index in [0.717, 1.165) is 24.8 Å². The first-order valence-electron chi connectivity index (χ1n) is 7.70. The SMILES string of the molecule is C[C@@H](NC(=O)N[C@@H]1C[C@@H]2CC[C@H]1N2C#N)c1cccc(Cl)c1Cl. The summed E-state index contributed by atoms with van der Waals surface area (Å²) in [6.45, 7) is 1.86. The highest BCUT2D eigenvalue weighted by Crippen LogP contribution is 2.37. The number of hydrogen-bond acceptors (Lipinski definition) is 3. The summed E-state index contributed by atoms with van der Waals surface area (Å²) in [5.41, 5.74) is 0.779. The predicted molar refractivity (Wildman–Crippen MR) is 89.2 cm³/mol. The Kier molecular flexibility index (Phi) is 4.56. The zero-order chi connectivity index (χ0) is 16.6. The summed E-state index contributed by atoms with van der Waals surface area (Å²) >= 11 is 12.2. The lowest BCUT2D eigenvalue weighted by molar-refractivity contribution is 0.230. The van der Waals surface area contributed by atoms with Gasteiger partial charge in [0.1, 0.15) is 0 Å². The standard InChI is InChI=1S/C16H18Cl2N4O/c1-9(11-3-2-4-12(17)15(11)18)20-16(23)21-13-7-10-5-6-14(13)22(10)8-19/h2-4,9-10,13-14H,5-7H2,1H3,(H2,20,21,23)/t9-,10+,13-,14-/m1/s1. The molecule has 3 rings (SSSR count). The van der Waals surface area contributed by atoms with Gasteiger partial charge in [0.05, 0.1) is 28.2 Å². The van der Waals surface area contributed by atoms with Crippen LogP contribution in [0.15, 0.2) is 18.2 Å². The monoisotopic (exact) mass is 352 g/mol. The summed E-state index contributed by atoms with van der Waals surface area (Å²) < 4.78 is 0. The summed E-state index contributed by atoms with van der Waals surface area (Å²) in [6.07, 6.45) is 5.06. The van der Waals surface area contributed by atoms with E-state index in [-0.39, 0.29) is 30.2 Å². The fourth-order valence-corrected chi connectivity index (χ4v) is 4.11. The molecule has 0 radical (unpaired) electrons. The zero-order valence-electron chi connectivity index (χ0n) is 12.7. The largest absolute Gasteiger partial charge is 0.333 e. The minimum atomic E-state index is -0.258. The molecule has 2 bridgehead atoms. The molecule has 1 aromatic rings. The third kappa shape index (κ3) is 3.06. The van der Waals surface area contributed by atoms with Crippen LogP contribution < -0.4 is 10.6 Å². The van der Waals surface area contributed by atoms with Crippen molar-refractivity contribution >= 4 is 29.2 Å². The molecule has 0 saturated carbocycles. The number of carbonyl (C=O) groups excluding carboxylic acids is 1. The molecule has 122 valence electrons. The van der Waals surface area contributed by atoms with Crippen LogP contribution in [-0.2, 0) is 0 Å². The van der Waals surface area contributed by atoms with Gasteiger partial charge in [-0.2, -0.15) is 5.26 Å². The summed E-state index contributed by atoms with van der Waals surface area (Å²) in [4.78, 5) is 14.1. The number of nitrogens with zero attached hydrogens (tertiary/aromatic N) is 2. The van der Waals surface area contributed by atoms with E-state index in [4.69, 9.17) is 28.5 Å². The van der Waals surface area contributed by atoms with Crippen molar-refractivity contribution in [3.05, 3.63) is 33.8 Å². The van der Waals surface area contributed by atoms with Gasteiger partial charge >= 0.3 is 6.03 Å². The molecule has 2 aliphatic rings. The summed E-state index contributed by atoms with van der Waals surface area (Å²) in [6, 6.07) is 5.28. The van der Waals surface area contributed by atoms with Crippen molar-refractivity contribution in [3.63, 3.8) is 0 Å². The number of hydrogen-bond donors (Lipinski definition) is 2. The Balaban J connectivity index is 1.60. The summed E-state index contributed by atoms with van der Waals surface area (Å²) in [5.74, 6) is 0. The van der Waals surface area contributed by atoms with E-state index in [1.54, 1.807) is 12.1 Å². The third-order valence-electron chi connectivity index (χ3n) is 4.76. The average molecular weight is 353 g/mol. The van der Waals surface area contributed by atoms with Crippen LogP contribution >= 0.6 is 23.2 Å². The van der Waals surface area contributed by atoms with Gasteiger partial charge in [0.15, 0.2) is 6.19 Å². The van der Waals surface area contributed by atoms with Crippen LogP contribution in [-0.4, -0.2) is 29.1 Å². The maximum absolute atomic E-state index is 12.3. The zero-order valence-corrected chi connectivity index (χ0v) is 14.2. The highest BCUT2D eigenvalue weighted by Gasteiger charge is 2.46. The van der Waals surface area contributed by atoms with Gasteiger partial charge in [0.25, 0.3) is 0 Å². The molecular weight excluding hydrogens is 335 g/mol. The highest BCUT2D eigenvalue weighted by atomic mass is 35.5. The van der Waals surface area contributed by atoms with E-state index in [2.05, 4.69) is 16.8 Å². The molecule has 2 heterocycles. The van der Waals surface area contributed by atoms with E-state index in [1.807, 2.05) is 17.9 Å². The molecule has 0 aromatic heterocycles. The van der Waals surface area contributed by atoms with E-state index in [0.29, 0.717) is 10.0 Å². The molecule has 2 amide bonds. The Bertz CT molecular complexity index is 660. The molecule has 0 aliphatic carbocycles. The van der Waals surface area contributed by atoms with Crippen LogP contribution in [0.2, 0.25) is 10.0 Å². The molecule has 4 atom stereocenters. The lowest BCUT2D eigenvalue weighted by Crippen LogP contribution is -2.48. The molecule has 23 heavy (non-hydrogen) atoms. The second kappa shape index (κ2) is 6.46. The first-order chi connectivity index (χ1) is 11.0. The third-order valence-corrected chi connectivity index (χ3v) is 5.60. The van der Waals surface area contributed by atoms with Crippen molar-refractivity contribution in [3.8, 4) is 6.19 Å². The topological polar surface area (TPSA) is 68.2 Å². The maximum Gasteiger partial charge on any atom is 0.315 e. The second-order valence-electron chi connectivity index (χ2n) is 6.13. The van der Waals surface area contributed by atoms with Gasteiger partial charge < -0.3 is 15.5 Å². The quantitative estimate of drug-likeness (QED) is 0.818. The van der Waals surface area contributed by atoms with Crippen LogP contribution in [0.25, 0.3) is 0 Å². The van der Waals surface area contributed by atoms with Crippen molar-refractivity contribution in [1.29, 1.82) is 5.26 Å². The number of rotatable bonds is 3. The summed E-state index contributed by atoms with van der Waals surface area (Å²) in [5, 5.41) is 16.0. The molecule has 0 unspecified atom stereocenters. The van der Waals surface area contributed by atoms with E-state index in [9.17, 15) is 4.79 Å². The van der Waals surface area contributed by atoms with Crippen LogP contribution in [0.3, 0.4) is 0 Å². The van der Waals surface area contributed by atoms with Gasteiger partial charge in [-0.15, -0.1) is 0 Å². The average Bonchev–Trinajstić information content (AvgIpc) is 3.06. The van der Waals surface area contributed by atoms with Crippen LogP contribution in [0.4, 0.5) is 4.79 Å². The number of nitrogens with one attached hydrogen (secondary N) is 2.